The summed E-state index contributed by atoms with van der Waals surface area (Å²) >= 11 is 0. The van der Waals surface area contributed by atoms with Crippen molar-refractivity contribution in [2.24, 2.45) is 11.1 Å². The first-order chi connectivity index (χ1) is 8.22. The summed E-state index contributed by atoms with van der Waals surface area (Å²) in [5, 5.41) is 28.8. The number of hydrogen-bond acceptors (Lipinski definition) is 6. The Morgan fingerprint density at radius 3 is 2.11 bits per heavy atom. The van der Waals surface area contributed by atoms with E-state index in [9.17, 15) is 19.2 Å². The summed E-state index contributed by atoms with van der Waals surface area (Å²) < 4.78 is 0. The van der Waals surface area contributed by atoms with Gasteiger partial charge < -0.3 is 26.4 Å². The van der Waals surface area contributed by atoms with Gasteiger partial charge in [-0.1, -0.05) is 0 Å². The highest BCUT2D eigenvalue weighted by molar-refractivity contribution is 6.14. The molecule has 0 saturated carbocycles. The van der Waals surface area contributed by atoms with Crippen LogP contribution in [0.1, 0.15) is 6.42 Å². The third-order valence-corrected chi connectivity index (χ3v) is 2.93. The molecule has 0 amide bonds. The lowest BCUT2D eigenvalue weighted by Gasteiger charge is -2.23. The minimum Gasteiger partial charge on any atom is -0.480 e. The number of carbonyl (C=O) groups excluding carboxylic acids is 1. The summed E-state index contributed by atoms with van der Waals surface area (Å²) in [6.45, 7) is -0.459. The Labute approximate surface area is 101 Å². The molecule has 0 aromatic rings. The SMILES string of the molecule is NC(C(=O)O)C(=O)[C@@]1(C(=O)O)CN[C@H](C(=O)O)C1. The van der Waals surface area contributed by atoms with Gasteiger partial charge >= 0.3 is 17.9 Å². The molecule has 0 bridgehead atoms. The maximum absolute atomic E-state index is 11.8. The van der Waals surface area contributed by atoms with Crippen LogP contribution in [0.2, 0.25) is 0 Å². The van der Waals surface area contributed by atoms with Gasteiger partial charge in [-0.3, -0.25) is 19.2 Å². The van der Waals surface area contributed by atoms with Crippen LogP contribution in [-0.4, -0.2) is 57.6 Å². The van der Waals surface area contributed by atoms with E-state index in [-0.39, 0.29) is 0 Å². The minimum atomic E-state index is -2.11. The Kier molecular flexibility index (Phi) is 3.67. The average molecular weight is 260 g/mol. The van der Waals surface area contributed by atoms with Crippen molar-refractivity contribution in [2.75, 3.05) is 6.54 Å². The standard InChI is InChI=1S/C9H12N2O7/c10-4(7(15)16)5(12)9(8(17)18)1-3(6(13)14)11-2-9/h3-4,11H,1-2,10H2,(H,13,14)(H,15,16)(H,17,18)/t3-,4?,9-/m0/s1. The van der Waals surface area contributed by atoms with Crippen LogP contribution >= 0.6 is 0 Å². The summed E-state index contributed by atoms with van der Waals surface area (Å²) in [6.07, 6.45) is -0.530. The molecule has 0 aromatic heterocycles. The highest BCUT2D eigenvalue weighted by atomic mass is 16.4. The number of nitrogens with two attached hydrogens (primary N) is 1. The third-order valence-electron chi connectivity index (χ3n) is 2.93. The van der Waals surface area contributed by atoms with E-state index in [0.717, 1.165) is 0 Å². The molecular weight excluding hydrogens is 248 g/mol. The zero-order valence-electron chi connectivity index (χ0n) is 9.12. The quantitative estimate of drug-likeness (QED) is 0.335. The van der Waals surface area contributed by atoms with E-state index >= 15 is 0 Å². The molecule has 1 fully saturated rings. The van der Waals surface area contributed by atoms with Crippen LogP contribution in [-0.2, 0) is 19.2 Å². The number of rotatable bonds is 5. The molecule has 100 valence electrons. The predicted octanol–water partition coefficient (Wildman–Crippen LogP) is -2.52. The van der Waals surface area contributed by atoms with Crippen LogP contribution in [0.15, 0.2) is 0 Å². The Balaban J connectivity index is 3.04. The molecule has 0 aromatic carbocycles. The van der Waals surface area contributed by atoms with Gasteiger partial charge in [0.1, 0.15) is 11.5 Å². The first kappa shape index (κ1) is 14.1. The Bertz CT molecular complexity index is 421. The number of Topliss-reactive ketones (excluding diaryl/α,β-unsaturated/α-hetero) is 1. The molecule has 1 aliphatic rings. The second-order valence-corrected chi connectivity index (χ2v) is 4.04. The number of carboxylic acid groups (broad SMARTS) is 3. The van der Waals surface area contributed by atoms with Gasteiger partial charge in [0, 0.05) is 6.54 Å². The minimum absolute atomic E-state index is 0.459. The molecular formula is C9H12N2O7. The summed E-state index contributed by atoms with van der Waals surface area (Å²) in [7, 11) is 0. The van der Waals surface area contributed by atoms with Crippen molar-refractivity contribution in [3.63, 3.8) is 0 Å². The van der Waals surface area contributed by atoms with Gasteiger partial charge in [0.15, 0.2) is 11.8 Å². The molecule has 9 nitrogen and oxygen atoms in total. The van der Waals surface area contributed by atoms with Crippen molar-refractivity contribution in [2.45, 2.75) is 18.5 Å². The molecule has 0 spiro atoms. The van der Waals surface area contributed by atoms with Gasteiger partial charge in [-0.25, -0.2) is 0 Å². The fraction of sp³-hybridized carbons (Fsp3) is 0.556. The van der Waals surface area contributed by atoms with Crippen LogP contribution in [0.5, 0.6) is 0 Å². The van der Waals surface area contributed by atoms with Gasteiger partial charge in [-0.05, 0) is 6.42 Å². The molecule has 0 radical (unpaired) electrons. The summed E-state index contributed by atoms with van der Waals surface area (Å²) in [5.41, 5.74) is 2.99. The van der Waals surface area contributed by atoms with Gasteiger partial charge in [0.05, 0.1) is 0 Å². The van der Waals surface area contributed by atoms with Crippen molar-refractivity contribution in [1.29, 1.82) is 0 Å². The number of ketones is 1. The first-order valence-electron chi connectivity index (χ1n) is 4.94. The van der Waals surface area contributed by atoms with Gasteiger partial charge in [-0.2, -0.15) is 0 Å². The Hall–Kier alpha value is -2.00. The highest BCUT2D eigenvalue weighted by Gasteiger charge is 2.55. The van der Waals surface area contributed by atoms with E-state index in [2.05, 4.69) is 5.32 Å². The number of hydrogen-bond donors (Lipinski definition) is 5. The lowest BCUT2D eigenvalue weighted by atomic mass is 9.78. The molecule has 6 N–H and O–H groups in total. The number of carboxylic acids is 3. The van der Waals surface area contributed by atoms with E-state index < -0.39 is 54.2 Å². The largest absolute Gasteiger partial charge is 0.480 e. The van der Waals surface area contributed by atoms with E-state index in [1.54, 1.807) is 0 Å². The second-order valence-electron chi connectivity index (χ2n) is 4.04. The van der Waals surface area contributed by atoms with Gasteiger partial charge in [0.2, 0.25) is 0 Å². The number of carbonyl (C=O) groups is 4. The molecule has 1 saturated heterocycles. The van der Waals surface area contributed by atoms with E-state index in [4.69, 9.17) is 21.1 Å². The molecule has 9 heteroatoms. The molecule has 1 unspecified atom stereocenters. The topological polar surface area (TPSA) is 167 Å². The molecule has 18 heavy (non-hydrogen) atoms. The van der Waals surface area contributed by atoms with Crippen molar-refractivity contribution < 1.29 is 34.5 Å². The maximum atomic E-state index is 11.8. The Morgan fingerprint density at radius 2 is 1.78 bits per heavy atom. The van der Waals surface area contributed by atoms with E-state index in [1.807, 2.05) is 0 Å². The van der Waals surface area contributed by atoms with Crippen molar-refractivity contribution in [1.82, 2.24) is 5.32 Å². The van der Waals surface area contributed by atoms with Crippen molar-refractivity contribution in [3.05, 3.63) is 0 Å². The fourth-order valence-corrected chi connectivity index (χ4v) is 1.83. The van der Waals surface area contributed by atoms with E-state index in [1.165, 1.54) is 0 Å². The smallest absolute Gasteiger partial charge is 0.328 e. The second kappa shape index (κ2) is 4.70. The summed E-state index contributed by atoms with van der Waals surface area (Å²) in [6, 6.07) is -3.21. The van der Waals surface area contributed by atoms with Crippen molar-refractivity contribution >= 4 is 23.7 Å². The zero-order chi connectivity index (χ0) is 14.1. The summed E-state index contributed by atoms with van der Waals surface area (Å²) in [5.74, 6) is -5.76. The molecule has 3 atom stereocenters. The molecule has 1 rings (SSSR count). The maximum Gasteiger partial charge on any atom is 0.328 e. The average Bonchev–Trinajstić information content (AvgIpc) is 2.73. The number of nitrogens with one attached hydrogen (secondary N) is 1. The lowest BCUT2D eigenvalue weighted by molar-refractivity contribution is -0.156. The van der Waals surface area contributed by atoms with Crippen LogP contribution in [0, 0.1) is 5.41 Å². The van der Waals surface area contributed by atoms with Crippen LogP contribution in [0.3, 0.4) is 0 Å². The lowest BCUT2D eigenvalue weighted by Crippen LogP contribution is -2.52. The normalized spacial score (nSPS) is 28.6. The van der Waals surface area contributed by atoms with Gasteiger partial charge in [-0.15, -0.1) is 0 Å². The van der Waals surface area contributed by atoms with Crippen molar-refractivity contribution in [3.8, 4) is 0 Å². The third kappa shape index (κ3) is 2.17. The zero-order valence-corrected chi connectivity index (χ0v) is 9.12. The summed E-state index contributed by atoms with van der Waals surface area (Å²) in [4.78, 5) is 44.3. The fourth-order valence-electron chi connectivity index (χ4n) is 1.83. The Morgan fingerprint density at radius 1 is 1.22 bits per heavy atom. The van der Waals surface area contributed by atoms with E-state index in [0.29, 0.717) is 0 Å². The predicted molar refractivity (Wildman–Crippen MR) is 54.7 cm³/mol. The van der Waals surface area contributed by atoms with Gasteiger partial charge in [0.25, 0.3) is 0 Å². The molecule has 0 aliphatic carbocycles. The highest BCUT2D eigenvalue weighted by Crippen LogP contribution is 2.31. The molecule has 1 aliphatic heterocycles. The number of aliphatic carboxylic acids is 3. The van der Waals surface area contributed by atoms with Crippen LogP contribution in [0.25, 0.3) is 0 Å². The molecule has 1 heterocycles. The first-order valence-corrected chi connectivity index (χ1v) is 4.94. The monoisotopic (exact) mass is 260 g/mol. The van der Waals surface area contributed by atoms with Crippen LogP contribution < -0.4 is 11.1 Å². The van der Waals surface area contributed by atoms with Crippen LogP contribution in [0.4, 0.5) is 0 Å².